The van der Waals surface area contributed by atoms with E-state index in [0.29, 0.717) is 17.3 Å². The van der Waals surface area contributed by atoms with Crippen LogP contribution in [0.15, 0.2) is 60.7 Å². The van der Waals surface area contributed by atoms with Crippen LogP contribution in [0.4, 0.5) is 13.2 Å². The zero-order valence-electron chi connectivity index (χ0n) is 21.8. The van der Waals surface area contributed by atoms with Crippen molar-refractivity contribution < 1.29 is 27.6 Å². The van der Waals surface area contributed by atoms with Crippen molar-refractivity contribution in [3.63, 3.8) is 0 Å². The van der Waals surface area contributed by atoms with Crippen LogP contribution in [0.3, 0.4) is 0 Å². The highest BCUT2D eigenvalue weighted by molar-refractivity contribution is 5.97. The van der Waals surface area contributed by atoms with Gasteiger partial charge in [0.15, 0.2) is 0 Å². The van der Waals surface area contributed by atoms with Crippen LogP contribution in [0, 0.1) is 11.7 Å². The summed E-state index contributed by atoms with van der Waals surface area (Å²) in [6.07, 6.45) is 1.85. The quantitative estimate of drug-likeness (QED) is 0.438. The molecule has 2 heterocycles. The molecule has 2 aromatic carbocycles. The highest BCUT2D eigenvalue weighted by Gasteiger charge is 2.40. The third-order valence-electron chi connectivity index (χ3n) is 7.26. The van der Waals surface area contributed by atoms with Gasteiger partial charge in [-0.2, -0.15) is 0 Å². The molecule has 5 atom stereocenters. The number of likely N-dealkylation sites (tertiary alicyclic amines) is 1. The molecule has 10 heteroatoms. The lowest BCUT2D eigenvalue weighted by atomic mass is 10.00. The minimum atomic E-state index is -1.38. The Kier molecular flexibility index (Phi) is 7.86. The van der Waals surface area contributed by atoms with Crippen LogP contribution in [0.2, 0.25) is 0 Å². The van der Waals surface area contributed by atoms with E-state index < -0.39 is 54.5 Å². The number of hydrogen-bond acceptors (Lipinski definition) is 4. The molecule has 0 unspecified atom stereocenters. The van der Waals surface area contributed by atoms with Gasteiger partial charge in [0.25, 0.3) is 5.91 Å². The number of rotatable bonds is 8. The molecular formula is C30H29F3N4O3. The SMILES string of the molecule is C[C@H](NC(=O)[C@@H]1C[C@@H](F)CN1C(=O)CNC(=O)c1ccc2cc(F)ccc2n1)c1ccccc1/C=C/[C@@H]1C[C@@H]1F. The normalized spacial score (nSPS) is 22.9. The number of pyridine rings is 1. The maximum absolute atomic E-state index is 14.4. The lowest BCUT2D eigenvalue weighted by Gasteiger charge is -2.26. The Balaban J connectivity index is 1.20. The summed E-state index contributed by atoms with van der Waals surface area (Å²) in [5, 5.41) is 5.88. The molecule has 0 bridgehead atoms. The molecule has 2 fully saturated rings. The number of hydrogen-bond donors (Lipinski definition) is 2. The fourth-order valence-electron chi connectivity index (χ4n) is 4.93. The highest BCUT2D eigenvalue weighted by Crippen LogP contribution is 2.35. The first kappa shape index (κ1) is 27.4. The highest BCUT2D eigenvalue weighted by atomic mass is 19.1. The number of fused-ring (bicyclic) bond motifs is 1. The van der Waals surface area contributed by atoms with Crippen LogP contribution in [0.1, 0.15) is 47.4 Å². The molecule has 40 heavy (non-hydrogen) atoms. The van der Waals surface area contributed by atoms with Crippen molar-refractivity contribution in [2.75, 3.05) is 13.1 Å². The number of carbonyl (C=O) groups excluding carboxylic acids is 3. The number of carbonyl (C=O) groups is 3. The summed E-state index contributed by atoms with van der Waals surface area (Å²) in [5.41, 5.74) is 2.11. The fraction of sp³-hybridized carbons (Fsp3) is 0.333. The second kappa shape index (κ2) is 11.5. The number of amides is 3. The summed E-state index contributed by atoms with van der Waals surface area (Å²) < 4.78 is 41.0. The Morgan fingerprint density at radius 1 is 1.10 bits per heavy atom. The van der Waals surface area contributed by atoms with Crippen molar-refractivity contribution in [1.29, 1.82) is 0 Å². The minimum absolute atomic E-state index is 0.0382. The molecule has 1 aliphatic carbocycles. The second-order valence-electron chi connectivity index (χ2n) is 10.2. The second-order valence-corrected chi connectivity index (χ2v) is 10.2. The van der Waals surface area contributed by atoms with Gasteiger partial charge in [-0.05, 0) is 48.7 Å². The van der Waals surface area contributed by atoms with E-state index in [0.717, 1.165) is 16.0 Å². The molecule has 2 aliphatic rings. The molecule has 1 saturated carbocycles. The number of nitrogens with one attached hydrogen (secondary N) is 2. The Hall–Kier alpha value is -4.21. The van der Waals surface area contributed by atoms with Gasteiger partial charge in [-0.15, -0.1) is 0 Å². The van der Waals surface area contributed by atoms with E-state index >= 15 is 0 Å². The summed E-state index contributed by atoms with van der Waals surface area (Å²) in [6, 6.07) is 12.9. The maximum atomic E-state index is 14.4. The van der Waals surface area contributed by atoms with Crippen molar-refractivity contribution in [3.05, 3.63) is 83.3 Å². The third-order valence-corrected chi connectivity index (χ3v) is 7.26. The summed E-state index contributed by atoms with van der Waals surface area (Å²) >= 11 is 0. The number of allylic oxidation sites excluding steroid dienone is 1. The topological polar surface area (TPSA) is 91.4 Å². The van der Waals surface area contributed by atoms with E-state index in [9.17, 15) is 27.6 Å². The monoisotopic (exact) mass is 550 g/mol. The Bertz CT molecular complexity index is 1480. The number of halogens is 3. The lowest BCUT2D eigenvalue weighted by Crippen LogP contribution is -2.49. The zero-order chi connectivity index (χ0) is 28.4. The van der Waals surface area contributed by atoms with Crippen molar-refractivity contribution in [3.8, 4) is 0 Å². The standard InChI is InChI=1S/C30H29F3N4O3/c1-17(23-5-3-2-4-18(23)6-7-19-13-24(19)33)35-30(40)27-14-22(32)16-37(27)28(38)15-34-29(39)26-10-8-20-12-21(31)9-11-25(20)36-26/h2-12,17,19,22,24,27H,13-16H2,1H3,(H,34,39)(H,35,40)/b7-6+/t17-,19+,22+,24-,27-/m0/s1. The smallest absolute Gasteiger partial charge is 0.270 e. The predicted octanol–water partition coefficient (Wildman–Crippen LogP) is 4.29. The van der Waals surface area contributed by atoms with Crippen LogP contribution >= 0.6 is 0 Å². The molecule has 5 rings (SSSR count). The van der Waals surface area contributed by atoms with E-state index in [4.69, 9.17) is 0 Å². The molecule has 1 aromatic heterocycles. The van der Waals surface area contributed by atoms with Crippen molar-refractivity contribution in [1.82, 2.24) is 20.5 Å². The van der Waals surface area contributed by atoms with Crippen LogP contribution in [0.5, 0.6) is 0 Å². The number of nitrogens with zero attached hydrogens (tertiary/aromatic N) is 2. The Labute approximate surface area is 229 Å². The first-order chi connectivity index (χ1) is 19.2. The average molecular weight is 551 g/mol. The van der Waals surface area contributed by atoms with Gasteiger partial charge in [0.2, 0.25) is 11.8 Å². The van der Waals surface area contributed by atoms with Gasteiger partial charge in [0.1, 0.15) is 29.9 Å². The van der Waals surface area contributed by atoms with E-state index in [1.54, 1.807) is 13.0 Å². The van der Waals surface area contributed by atoms with E-state index in [1.807, 2.05) is 36.4 Å². The van der Waals surface area contributed by atoms with Crippen LogP contribution < -0.4 is 10.6 Å². The minimum Gasteiger partial charge on any atom is -0.348 e. The molecule has 0 radical (unpaired) electrons. The van der Waals surface area contributed by atoms with Gasteiger partial charge in [-0.25, -0.2) is 18.2 Å². The summed E-state index contributed by atoms with van der Waals surface area (Å²) in [7, 11) is 0. The van der Waals surface area contributed by atoms with Gasteiger partial charge >= 0.3 is 0 Å². The van der Waals surface area contributed by atoms with Crippen molar-refractivity contribution in [2.45, 2.75) is 44.2 Å². The van der Waals surface area contributed by atoms with E-state index in [1.165, 1.54) is 24.3 Å². The molecular weight excluding hydrogens is 521 g/mol. The van der Waals surface area contributed by atoms with Crippen molar-refractivity contribution >= 4 is 34.7 Å². The van der Waals surface area contributed by atoms with Gasteiger partial charge in [-0.3, -0.25) is 14.4 Å². The summed E-state index contributed by atoms with van der Waals surface area (Å²) in [4.78, 5) is 44.1. The van der Waals surface area contributed by atoms with Crippen LogP contribution in [-0.2, 0) is 9.59 Å². The number of alkyl halides is 2. The van der Waals surface area contributed by atoms with Gasteiger partial charge in [0.05, 0.1) is 24.6 Å². The molecule has 3 amide bonds. The van der Waals surface area contributed by atoms with Gasteiger partial charge in [0, 0.05) is 17.7 Å². The molecule has 2 N–H and O–H groups in total. The van der Waals surface area contributed by atoms with Crippen LogP contribution in [-0.4, -0.2) is 59.1 Å². The first-order valence-corrected chi connectivity index (χ1v) is 13.2. The lowest BCUT2D eigenvalue weighted by molar-refractivity contribution is -0.138. The summed E-state index contributed by atoms with van der Waals surface area (Å²) in [5.74, 6) is -2.23. The maximum Gasteiger partial charge on any atom is 0.270 e. The van der Waals surface area contributed by atoms with E-state index in [-0.39, 0.29) is 24.6 Å². The Morgan fingerprint density at radius 2 is 1.88 bits per heavy atom. The van der Waals surface area contributed by atoms with Crippen LogP contribution in [0.25, 0.3) is 17.0 Å². The van der Waals surface area contributed by atoms with Gasteiger partial charge in [-0.1, -0.05) is 42.5 Å². The Morgan fingerprint density at radius 3 is 2.65 bits per heavy atom. The molecule has 208 valence electrons. The molecule has 1 saturated heterocycles. The number of benzene rings is 2. The molecule has 0 spiro atoms. The molecule has 7 nitrogen and oxygen atoms in total. The van der Waals surface area contributed by atoms with Gasteiger partial charge < -0.3 is 15.5 Å². The largest absolute Gasteiger partial charge is 0.348 e. The average Bonchev–Trinajstić information content (AvgIpc) is 3.51. The van der Waals surface area contributed by atoms with Crippen molar-refractivity contribution in [2.24, 2.45) is 5.92 Å². The predicted molar refractivity (Wildman–Crippen MR) is 144 cm³/mol. The first-order valence-electron chi connectivity index (χ1n) is 13.2. The fourth-order valence-corrected chi connectivity index (χ4v) is 4.93. The summed E-state index contributed by atoms with van der Waals surface area (Å²) in [6.45, 7) is 1.09. The molecule has 3 aromatic rings. The number of aromatic nitrogens is 1. The molecule has 1 aliphatic heterocycles. The van der Waals surface area contributed by atoms with E-state index in [2.05, 4.69) is 15.6 Å². The zero-order valence-corrected chi connectivity index (χ0v) is 21.8. The third kappa shape index (κ3) is 6.16.